The summed E-state index contributed by atoms with van der Waals surface area (Å²) < 4.78 is 5.10. The largest absolute Gasteiger partial charge is 0.497 e. The fraction of sp³-hybridized carbons (Fsp3) is 0.500. The Labute approximate surface area is 152 Å². The SMILES string of the molecule is CCC(C(=O)O)N(Cc1ccc(OC)cc1)C(=O)[C@H](CCCl)C(C)=O. The number of carboxylic acid groups (broad SMARTS) is 1. The van der Waals surface area contributed by atoms with Crippen molar-refractivity contribution in [1.82, 2.24) is 4.90 Å². The number of aliphatic carboxylic acids is 1. The molecule has 0 bridgehead atoms. The second-order valence-corrected chi connectivity index (χ2v) is 6.10. The van der Waals surface area contributed by atoms with Gasteiger partial charge in [0.1, 0.15) is 17.6 Å². The van der Waals surface area contributed by atoms with Gasteiger partial charge < -0.3 is 14.7 Å². The Hall–Kier alpha value is -2.08. The molecule has 0 saturated carbocycles. The number of carbonyl (C=O) groups excluding carboxylic acids is 2. The molecule has 0 spiro atoms. The number of ketones is 1. The van der Waals surface area contributed by atoms with Gasteiger partial charge in [-0.1, -0.05) is 19.1 Å². The van der Waals surface area contributed by atoms with Gasteiger partial charge in [0, 0.05) is 12.4 Å². The fourth-order valence-corrected chi connectivity index (χ4v) is 2.83. The third-order valence-corrected chi connectivity index (χ3v) is 4.25. The van der Waals surface area contributed by atoms with E-state index in [0.29, 0.717) is 5.75 Å². The molecule has 6 nitrogen and oxygen atoms in total. The highest BCUT2D eigenvalue weighted by Gasteiger charge is 2.34. The van der Waals surface area contributed by atoms with Crippen LogP contribution in [0.25, 0.3) is 0 Å². The average molecular weight is 370 g/mol. The second kappa shape index (κ2) is 10.0. The first-order valence-corrected chi connectivity index (χ1v) is 8.61. The summed E-state index contributed by atoms with van der Waals surface area (Å²) in [6, 6.07) is 5.99. The molecule has 1 rings (SSSR count). The molecule has 0 fully saturated rings. The number of nitrogens with zero attached hydrogens (tertiary/aromatic N) is 1. The highest BCUT2D eigenvalue weighted by Crippen LogP contribution is 2.20. The first kappa shape index (κ1) is 21.0. The first-order valence-electron chi connectivity index (χ1n) is 8.08. The van der Waals surface area contributed by atoms with Crippen LogP contribution in [0.1, 0.15) is 32.3 Å². The third kappa shape index (κ3) is 5.74. The van der Waals surface area contributed by atoms with E-state index in [-0.39, 0.29) is 31.0 Å². The molecule has 0 aromatic heterocycles. The number of carboxylic acids is 1. The molecule has 7 heteroatoms. The van der Waals surface area contributed by atoms with Gasteiger partial charge in [-0.25, -0.2) is 4.79 Å². The minimum absolute atomic E-state index is 0.0969. The zero-order valence-electron chi connectivity index (χ0n) is 14.7. The van der Waals surface area contributed by atoms with Crippen molar-refractivity contribution in [3.8, 4) is 5.75 Å². The molecule has 25 heavy (non-hydrogen) atoms. The van der Waals surface area contributed by atoms with Gasteiger partial charge in [-0.15, -0.1) is 11.6 Å². The van der Waals surface area contributed by atoms with Gasteiger partial charge in [-0.2, -0.15) is 0 Å². The van der Waals surface area contributed by atoms with E-state index < -0.39 is 23.8 Å². The van der Waals surface area contributed by atoms with Crippen LogP contribution in [0.5, 0.6) is 5.75 Å². The maximum Gasteiger partial charge on any atom is 0.326 e. The van der Waals surface area contributed by atoms with E-state index in [9.17, 15) is 19.5 Å². The number of rotatable bonds is 10. The Morgan fingerprint density at radius 1 is 1.24 bits per heavy atom. The molecule has 1 N–H and O–H groups in total. The normalized spacial score (nSPS) is 13.0. The molecular formula is C18H24ClNO5. The van der Waals surface area contributed by atoms with Crippen LogP contribution in [0.15, 0.2) is 24.3 Å². The van der Waals surface area contributed by atoms with Crippen molar-refractivity contribution >= 4 is 29.3 Å². The molecule has 0 aliphatic heterocycles. The van der Waals surface area contributed by atoms with Crippen LogP contribution >= 0.6 is 11.6 Å². The fourth-order valence-electron chi connectivity index (χ4n) is 2.61. The first-order chi connectivity index (χ1) is 11.8. The van der Waals surface area contributed by atoms with E-state index in [1.54, 1.807) is 38.3 Å². The lowest BCUT2D eigenvalue weighted by atomic mass is 9.98. The van der Waals surface area contributed by atoms with Crippen molar-refractivity contribution in [2.75, 3.05) is 13.0 Å². The molecule has 0 radical (unpaired) electrons. The zero-order chi connectivity index (χ0) is 19.0. The highest BCUT2D eigenvalue weighted by molar-refractivity contribution is 6.18. The van der Waals surface area contributed by atoms with Crippen LogP contribution in [0.2, 0.25) is 0 Å². The number of alkyl halides is 1. The van der Waals surface area contributed by atoms with E-state index in [2.05, 4.69) is 0 Å². The molecule has 1 unspecified atom stereocenters. The van der Waals surface area contributed by atoms with Crippen molar-refractivity contribution in [2.45, 2.75) is 39.3 Å². The number of methoxy groups -OCH3 is 1. The van der Waals surface area contributed by atoms with Crippen LogP contribution in [0.4, 0.5) is 0 Å². The number of ether oxygens (including phenoxy) is 1. The monoisotopic (exact) mass is 369 g/mol. The summed E-state index contributed by atoms with van der Waals surface area (Å²) >= 11 is 5.71. The van der Waals surface area contributed by atoms with Crippen molar-refractivity contribution in [3.05, 3.63) is 29.8 Å². The number of amides is 1. The van der Waals surface area contributed by atoms with Gasteiger partial charge in [-0.05, 0) is 37.5 Å². The number of hydrogen-bond acceptors (Lipinski definition) is 4. The Morgan fingerprint density at radius 3 is 2.24 bits per heavy atom. The van der Waals surface area contributed by atoms with Crippen molar-refractivity contribution in [3.63, 3.8) is 0 Å². The molecule has 0 saturated heterocycles. The standard InChI is InChI=1S/C18H24ClNO5/c1-4-16(18(23)24)20(17(22)15(9-10-19)12(2)21)11-13-5-7-14(25-3)8-6-13/h5-8,15-16H,4,9-11H2,1-3H3,(H,23,24)/t15-,16?/m1/s1. The van der Waals surface area contributed by atoms with E-state index >= 15 is 0 Å². The summed E-state index contributed by atoms with van der Waals surface area (Å²) in [4.78, 5) is 37.5. The van der Waals surface area contributed by atoms with Crippen LogP contribution < -0.4 is 4.74 Å². The Balaban J connectivity index is 3.15. The van der Waals surface area contributed by atoms with Gasteiger partial charge in [0.2, 0.25) is 5.91 Å². The lowest BCUT2D eigenvalue weighted by Crippen LogP contribution is -2.48. The predicted octanol–water partition coefficient (Wildman–Crippen LogP) is 2.72. The molecule has 138 valence electrons. The second-order valence-electron chi connectivity index (χ2n) is 5.72. The van der Waals surface area contributed by atoms with Gasteiger partial charge in [0.25, 0.3) is 0 Å². The quantitative estimate of drug-likeness (QED) is 0.506. The molecule has 0 aliphatic carbocycles. The van der Waals surface area contributed by atoms with Gasteiger partial charge in [0.15, 0.2) is 0 Å². The average Bonchev–Trinajstić information content (AvgIpc) is 2.58. The molecule has 0 heterocycles. The number of benzene rings is 1. The van der Waals surface area contributed by atoms with Crippen LogP contribution in [-0.4, -0.2) is 46.7 Å². The number of halogens is 1. The van der Waals surface area contributed by atoms with Crippen LogP contribution in [-0.2, 0) is 20.9 Å². The molecule has 1 aromatic carbocycles. The Bertz CT molecular complexity index is 602. The minimum Gasteiger partial charge on any atom is -0.497 e. The van der Waals surface area contributed by atoms with E-state index in [0.717, 1.165) is 5.56 Å². The topological polar surface area (TPSA) is 83.9 Å². The Kier molecular flexibility index (Phi) is 8.41. The summed E-state index contributed by atoms with van der Waals surface area (Å²) in [7, 11) is 1.55. The molecule has 2 atom stereocenters. The minimum atomic E-state index is -1.10. The van der Waals surface area contributed by atoms with Crippen molar-refractivity contribution in [1.29, 1.82) is 0 Å². The van der Waals surface area contributed by atoms with Crippen LogP contribution in [0, 0.1) is 5.92 Å². The highest BCUT2D eigenvalue weighted by atomic mass is 35.5. The predicted molar refractivity (Wildman–Crippen MR) is 94.8 cm³/mol. The number of carbonyl (C=O) groups is 3. The molecule has 0 aliphatic rings. The lowest BCUT2D eigenvalue weighted by molar-refractivity contribution is -0.154. The van der Waals surface area contributed by atoms with E-state index in [4.69, 9.17) is 16.3 Å². The maximum atomic E-state index is 12.9. The lowest BCUT2D eigenvalue weighted by Gasteiger charge is -2.31. The maximum absolute atomic E-state index is 12.9. The Morgan fingerprint density at radius 2 is 1.84 bits per heavy atom. The van der Waals surface area contributed by atoms with Gasteiger partial charge in [-0.3, -0.25) is 9.59 Å². The summed E-state index contributed by atoms with van der Waals surface area (Å²) in [5.74, 6) is -2.03. The molecule has 1 amide bonds. The number of Topliss-reactive ketones (excluding diaryl/α,β-unsaturated/α-hetero) is 1. The summed E-state index contributed by atoms with van der Waals surface area (Å²) in [5.41, 5.74) is 0.752. The summed E-state index contributed by atoms with van der Waals surface area (Å²) in [6.07, 6.45) is 0.424. The third-order valence-electron chi connectivity index (χ3n) is 4.03. The van der Waals surface area contributed by atoms with Crippen molar-refractivity contribution < 1.29 is 24.2 Å². The smallest absolute Gasteiger partial charge is 0.326 e. The zero-order valence-corrected chi connectivity index (χ0v) is 15.5. The van der Waals surface area contributed by atoms with Crippen molar-refractivity contribution in [2.24, 2.45) is 5.92 Å². The number of hydrogen-bond donors (Lipinski definition) is 1. The van der Waals surface area contributed by atoms with E-state index in [1.165, 1.54) is 11.8 Å². The molecule has 1 aromatic rings. The summed E-state index contributed by atoms with van der Waals surface area (Å²) in [6.45, 7) is 3.11. The van der Waals surface area contributed by atoms with Gasteiger partial charge >= 0.3 is 5.97 Å². The van der Waals surface area contributed by atoms with Crippen LogP contribution in [0.3, 0.4) is 0 Å². The van der Waals surface area contributed by atoms with E-state index in [1.807, 2.05) is 0 Å². The summed E-state index contributed by atoms with van der Waals surface area (Å²) in [5, 5.41) is 9.48. The molecular weight excluding hydrogens is 346 g/mol. The van der Waals surface area contributed by atoms with Gasteiger partial charge in [0.05, 0.1) is 13.0 Å².